The Balaban J connectivity index is 1.45. The fraction of sp³-hybridized carbons (Fsp3) is 0.476. The highest BCUT2D eigenvalue weighted by atomic mass is 35.5. The maximum atomic E-state index is 5.94. The van der Waals surface area contributed by atoms with Gasteiger partial charge in [-0.15, -0.1) is 0 Å². The number of nitrogens with one attached hydrogen (secondary N) is 3. The number of nitrogen functional groups attached to an aromatic ring is 1. The van der Waals surface area contributed by atoms with Crippen LogP contribution in [0.5, 0.6) is 0 Å². The second-order valence-electron chi connectivity index (χ2n) is 7.61. The molecular weight excluding hydrogens is 358 g/mol. The highest BCUT2D eigenvalue weighted by Crippen LogP contribution is 2.17. The van der Waals surface area contributed by atoms with E-state index in [0.29, 0.717) is 23.8 Å². The Morgan fingerprint density at radius 1 is 1.26 bits per heavy atom. The molecule has 1 aromatic heterocycles. The average molecular weight is 388 g/mol. The van der Waals surface area contributed by atoms with Gasteiger partial charge in [0.2, 0.25) is 0 Å². The quantitative estimate of drug-likeness (QED) is 0.560. The van der Waals surface area contributed by atoms with Crippen LogP contribution in [0.1, 0.15) is 23.7 Å². The van der Waals surface area contributed by atoms with Gasteiger partial charge in [-0.25, -0.2) is 4.98 Å². The Morgan fingerprint density at radius 3 is 2.78 bits per heavy atom. The van der Waals surface area contributed by atoms with Crippen LogP contribution in [0, 0.1) is 12.8 Å². The van der Waals surface area contributed by atoms with Gasteiger partial charge in [0.1, 0.15) is 5.82 Å². The standard InChI is InChI=1S/C21H30ClN5/c1-14-7-19(27-21(23)8-14)9-17-12-24-13-20(17)26-10-15(2)25-11-16-3-5-18(22)6-4-16/h3-8,15,17,20,24-26H,9-13H2,1-2H3,(H2,23,27)/t15-,17?,20?/m0/s1. The van der Waals surface area contributed by atoms with Crippen LogP contribution in [0.15, 0.2) is 36.4 Å². The minimum absolute atomic E-state index is 0.384. The van der Waals surface area contributed by atoms with E-state index >= 15 is 0 Å². The van der Waals surface area contributed by atoms with E-state index in [1.165, 1.54) is 11.1 Å². The predicted octanol–water partition coefficient (Wildman–Crippen LogP) is 2.52. The van der Waals surface area contributed by atoms with Crippen LogP contribution in [0.25, 0.3) is 0 Å². The number of aryl methyl sites for hydroxylation is 1. The molecule has 1 saturated heterocycles. The number of benzene rings is 1. The molecule has 0 aliphatic carbocycles. The number of pyridine rings is 1. The van der Waals surface area contributed by atoms with E-state index in [2.05, 4.69) is 53.0 Å². The summed E-state index contributed by atoms with van der Waals surface area (Å²) in [4.78, 5) is 4.50. The van der Waals surface area contributed by atoms with E-state index in [4.69, 9.17) is 17.3 Å². The number of aromatic nitrogens is 1. The Morgan fingerprint density at radius 2 is 2.04 bits per heavy atom. The van der Waals surface area contributed by atoms with Gasteiger partial charge in [0, 0.05) is 42.4 Å². The fourth-order valence-electron chi connectivity index (χ4n) is 3.62. The van der Waals surface area contributed by atoms with Crippen molar-refractivity contribution < 1.29 is 0 Å². The van der Waals surface area contributed by atoms with Crippen molar-refractivity contribution >= 4 is 17.4 Å². The summed E-state index contributed by atoms with van der Waals surface area (Å²) in [6.07, 6.45) is 0.948. The zero-order valence-electron chi connectivity index (χ0n) is 16.1. The van der Waals surface area contributed by atoms with Crippen LogP contribution < -0.4 is 21.7 Å². The van der Waals surface area contributed by atoms with Crippen LogP contribution in [-0.2, 0) is 13.0 Å². The molecule has 1 fully saturated rings. The van der Waals surface area contributed by atoms with Gasteiger partial charge in [-0.1, -0.05) is 23.7 Å². The Labute approximate surface area is 167 Å². The van der Waals surface area contributed by atoms with E-state index in [9.17, 15) is 0 Å². The van der Waals surface area contributed by atoms with Crippen molar-refractivity contribution in [3.8, 4) is 0 Å². The van der Waals surface area contributed by atoms with Crippen LogP contribution in [0.4, 0.5) is 5.82 Å². The zero-order chi connectivity index (χ0) is 19.2. The van der Waals surface area contributed by atoms with Crippen LogP contribution >= 0.6 is 11.6 Å². The lowest BCUT2D eigenvalue weighted by Gasteiger charge is -2.23. The predicted molar refractivity (Wildman–Crippen MR) is 113 cm³/mol. The van der Waals surface area contributed by atoms with Crippen molar-refractivity contribution in [3.63, 3.8) is 0 Å². The van der Waals surface area contributed by atoms with Gasteiger partial charge in [0.15, 0.2) is 0 Å². The Kier molecular flexibility index (Phi) is 7.07. The molecule has 0 saturated carbocycles. The fourth-order valence-corrected chi connectivity index (χ4v) is 3.75. The molecule has 146 valence electrons. The number of nitrogens with two attached hydrogens (primary N) is 1. The second kappa shape index (κ2) is 9.51. The number of rotatable bonds is 8. The van der Waals surface area contributed by atoms with Crippen molar-refractivity contribution in [2.45, 2.75) is 38.9 Å². The first-order chi connectivity index (χ1) is 13.0. The molecule has 2 aromatic rings. The van der Waals surface area contributed by atoms with E-state index in [1.54, 1.807) is 0 Å². The van der Waals surface area contributed by atoms with Crippen molar-refractivity contribution in [3.05, 3.63) is 58.2 Å². The Bertz CT molecular complexity index is 714. The molecule has 1 aliphatic rings. The maximum Gasteiger partial charge on any atom is 0.123 e. The highest BCUT2D eigenvalue weighted by molar-refractivity contribution is 6.30. The lowest BCUT2D eigenvalue weighted by atomic mass is 9.96. The van der Waals surface area contributed by atoms with Crippen LogP contribution in [0.3, 0.4) is 0 Å². The van der Waals surface area contributed by atoms with Gasteiger partial charge < -0.3 is 21.7 Å². The number of halogens is 1. The monoisotopic (exact) mass is 387 g/mol. The topological polar surface area (TPSA) is 75.0 Å². The molecule has 0 spiro atoms. The molecule has 0 radical (unpaired) electrons. The summed E-state index contributed by atoms with van der Waals surface area (Å²) in [6, 6.07) is 12.9. The molecule has 6 heteroatoms. The molecule has 2 unspecified atom stereocenters. The van der Waals surface area contributed by atoms with Gasteiger partial charge in [-0.3, -0.25) is 0 Å². The third kappa shape index (κ3) is 6.18. The summed E-state index contributed by atoms with van der Waals surface area (Å²) in [6.45, 7) is 8.07. The molecule has 0 bridgehead atoms. The molecule has 5 nitrogen and oxygen atoms in total. The molecule has 1 aliphatic heterocycles. The summed E-state index contributed by atoms with van der Waals surface area (Å²) in [7, 11) is 0. The molecule has 5 N–H and O–H groups in total. The van der Waals surface area contributed by atoms with Crippen molar-refractivity contribution in [1.29, 1.82) is 0 Å². The number of hydrogen-bond acceptors (Lipinski definition) is 5. The number of nitrogens with zero attached hydrogens (tertiary/aromatic N) is 1. The molecular formula is C21H30ClN5. The second-order valence-corrected chi connectivity index (χ2v) is 8.04. The molecule has 2 heterocycles. The van der Waals surface area contributed by atoms with Gasteiger partial charge in [0.05, 0.1) is 0 Å². The zero-order valence-corrected chi connectivity index (χ0v) is 16.9. The average Bonchev–Trinajstić information content (AvgIpc) is 3.05. The summed E-state index contributed by atoms with van der Waals surface area (Å²) < 4.78 is 0. The summed E-state index contributed by atoms with van der Waals surface area (Å²) in [5.74, 6) is 1.14. The van der Waals surface area contributed by atoms with Gasteiger partial charge in [0.25, 0.3) is 0 Å². The van der Waals surface area contributed by atoms with E-state index in [0.717, 1.165) is 43.3 Å². The molecule has 3 atom stereocenters. The van der Waals surface area contributed by atoms with Gasteiger partial charge in [-0.2, -0.15) is 0 Å². The normalized spacial score (nSPS) is 20.7. The lowest BCUT2D eigenvalue weighted by molar-refractivity contribution is 0.393. The molecule has 27 heavy (non-hydrogen) atoms. The number of hydrogen-bond donors (Lipinski definition) is 4. The lowest BCUT2D eigenvalue weighted by Crippen LogP contribution is -2.44. The molecule has 3 rings (SSSR count). The van der Waals surface area contributed by atoms with E-state index < -0.39 is 0 Å². The first-order valence-electron chi connectivity index (χ1n) is 9.64. The molecule has 1 aromatic carbocycles. The van der Waals surface area contributed by atoms with E-state index in [-0.39, 0.29) is 0 Å². The molecule has 0 amide bonds. The van der Waals surface area contributed by atoms with Crippen LogP contribution in [-0.4, -0.2) is 36.7 Å². The maximum absolute atomic E-state index is 5.94. The van der Waals surface area contributed by atoms with Crippen molar-refractivity contribution in [1.82, 2.24) is 20.9 Å². The first-order valence-corrected chi connectivity index (χ1v) is 10.0. The highest BCUT2D eigenvalue weighted by Gasteiger charge is 2.27. The van der Waals surface area contributed by atoms with Crippen molar-refractivity contribution in [2.75, 3.05) is 25.4 Å². The Hall–Kier alpha value is -1.66. The largest absolute Gasteiger partial charge is 0.384 e. The smallest absolute Gasteiger partial charge is 0.123 e. The summed E-state index contributed by atoms with van der Waals surface area (Å²) in [5, 5.41) is 11.6. The number of anilines is 1. The summed E-state index contributed by atoms with van der Waals surface area (Å²) in [5.41, 5.74) is 9.40. The van der Waals surface area contributed by atoms with Gasteiger partial charge in [-0.05, 0) is 68.1 Å². The first kappa shape index (κ1) is 20.1. The third-order valence-electron chi connectivity index (χ3n) is 5.11. The minimum Gasteiger partial charge on any atom is -0.384 e. The van der Waals surface area contributed by atoms with Gasteiger partial charge >= 0.3 is 0 Å². The third-order valence-corrected chi connectivity index (χ3v) is 5.36. The summed E-state index contributed by atoms with van der Waals surface area (Å²) >= 11 is 5.94. The SMILES string of the molecule is Cc1cc(N)nc(CC2CNCC2NC[C@H](C)NCc2ccc(Cl)cc2)c1. The van der Waals surface area contributed by atoms with Crippen LogP contribution in [0.2, 0.25) is 5.02 Å². The minimum atomic E-state index is 0.384. The van der Waals surface area contributed by atoms with E-state index in [1.807, 2.05) is 18.2 Å². The van der Waals surface area contributed by atoms with Crippen molar-refractivity contribution in [2.24, 2.45) is 5.92 Å².